The fourth-order valence-corrected chi connectivity index (χ4v) is 3.94. The number of hydrogen-bond donors (Lipinski definition) is 0. The lowest BCUT2D eigenvalue weighted by Gasteiger charge is -2.16. The Morgan fingerprint density at radius 1 is 0.657 bits per heavy atom. The fourth-order valence-electron chi connectivity index (χ4n) is 3.94. The largest absolute Gasteiger partial charge is 0.496 e. The van der Waals surface area contributed by atoms with E-state index in [2.05, 4.69) is 0 Å². The SMILES string of the molecule is COc1cccc2oc(-c3c(OCc4ccccc4)cccc3OCc3ccccc3)cc(=O)c12. The Balaban J connectivity index is 1.59. The maximum absolute atomic E-state index is 13.1. The lowest BCUT2D eigenvalue weighted by Crippen LogP contribution is -2.05. The summed E-state index contributed by atoms with van der Waals surface area (Å²) in [5.74, 6) is 1.95. The standard InChI is InChI=1S/C30H24O5/c1-32-24-14-8-17-27-29(24)23(31)18-28(35-27)30-25(33-19-21-10-4-2-5-11-21)15-9-16-26(30)34-20-22-12-6-3-7-13-22/h2-18H,19-20H2,1H3. The van der Waals surface area contributed by atoms with Gasteiger partial charge in [0.15, 0.2) is 5.43 Å². The van der Waals surface area contributed by atoms with Gasteiger partial charge in [-0.1, -0.05) is 72.8 Å². The van der Waals surface area contributed by atoms with E-state index in [1.54, 1.807) is 18.2 Å². The van der Waals surface area contributed by atoms with E-state index in [1.807, 2.05) is 78.9 Å². The zero-order valence-electron chi connectivity index (χ0n) is 19.3. The third kappa shape index (κ3) is 4.89. The van der Waals surface area contributed by atoms with Crippen LogP contribution in [0.2, 0.25) is 0 Å². The normalized spacial score (nSPS) is 10.8. The Kier molecular flexibility index (Phi) is 6.48. The minimum absolute atomic E-state index is 0.203. The van der Waals surface area contributed by atoms with Gasteiger partial charge >= 0.3 is 0 Å². The Bertz CT molecular complexity index is 1430. The van der Waals surface area contributed by atoms with E-state index in [-0.39, 0.29) is 5.43 Å². The molecule has 0 spiro atoms. The minimum atomic E-state index is -0.203. The third-order valence-electron chi connectivity index (χ3n) is 5.65. The van der Waals surface area contributed by atoms with Gasteiger partial charge in [-0.3, -0.25) is 4.79 Å². The van der Waals surface area contributed by atoms with Crippen LogP contribution in [0.3, 0.4) is 0 Å². The van der Waals surface area contributed by atoms with E-state index in [0.29, 0.717) is 52.8 Å². The van der Waals surface area contributed by atoms with E-state index in [9.17, 15) is 4.79 Å². The van der Waals surface area contributed by atoms with Crippen LogP contribution < -0.4 is 19.6 Å². The molecule has 0 unspecified atom stereocenters. The molecule has 4 aromatic carbocycles. The summed E-state index contributed by atoms with van der Waals surface area (Å²) in [7, 11) is 1.53. The van der Waals surface area contributed by atoms with E-state index in [4.69, 9.17) is 18.6 Å². The van der Waals surface area contributed by atoms with Crippen molar-refractivity contribution in [2.45, 2.75) is 13.2 Å². The summed E-state index contributed by atoms with van der Waals surface area (Å²) in [5, 5.41) is 0.396. The van der Waals surface area contributed by atoms with Gasteiger partial charge in [-0.05, 0) is 35.4 Å². The molecule has 0 aliphatic carbocycles. The van der Waals surface area contributed by atoms with Crippen LogP contribution in [-0.4, -0.2) is 7.11 Å². The maximum Gasteiger partial charge on any atom is 0.197 e. The predicted octanol–water partition coefficient (Wildman–Crippen LogP) is 6.63. The quantitative estimate of drug-likeness (QED) is 0.258. The first-order chi connectivity index (χ1) is 17.2. The molecule has 5 nitrogen and oxygen atoms in total. The van der Waals surface area contributed by atoms with Gasteiger partial charge in [0, 0.05) is 6.07 Å². The third-order valence-corrected chi connectivity index (χ3v) is 5.65. The molecule has 0 aliphatic heterocycles. The molecule has 5 rings (SSSR count). The molecule has 0 bridgehead atoms. The van der Waals surface area contributed by atoms with Gasteiger partial charge in [0.1, 0.15) is 52.8 Å². The van der Waals surface area contributed by atoms with Crippen molar-refractivity contribution in [3.8, 4) is 28.6 Å². The maximum atomic E-state index is 13.1. The van der Waals surface area contributed by atoms with Crippen molar-refractivity contribution < 1.29 is 18.6 Å². The van der Waals surface area contributed by atoms with E-state index < -0.39 is 0 Å². The summed E-state index contributed by atoms with van der Waals surface area (Å²) in [4.78, 5) is 13.1. The molecule has 0 radical (unpaired) electrons. The molecule has 5 heteroatoms. The summed E-state index contributed by atoms with van der Waals surface area (Å²) >= 11 is 0. The second-order valence-electron chi connectivity index (χ2n) is 7.99. The van der Waals surface area contributed by atoms with Crippen molar-refractivity contribution in [3.63, 3.8) is 0 Å². The molecule has 0 saturated carbocycles. The van der Waals surface area contributed by atoms with Crippen LogP contribution in [0.25, 0.3) is 22.3 Å². The van der Waals surface area contributed by atoms with Crippen LogP contribution >= 0.6 is 0 Å². The van der Waals surface area contributed by atoms with Crippen molar-refractivity contribution in [1.29, 1.82) is 0 Å². The number of methoxy groups -OCH3 is 1. The number of hydrogen-bond acceptors (Lipinski definition) is 5. The van der Waals surface area contributed by atoms with E-state index in [0.717, 1.165) is 11.1 Å². The average molecular weight is 465 g/mol. The Morgan fingerprint density at radius 2 is 1.20 bits per heavy atom. The van der Waals surface area contributed by atoms with Crippen molar-refractivity contribution >= 4 is 11.0 Å². The highest BCUT2D eigenvalue weighted by Crippen LogP contribution is 2.40. The van der Waals surface area contributed by atoms with Crippen LogP contribution in [0.4, 0.5) is 0 Å². The molecule has 174 valence electrons. The van der Waals surface area contributed by atoms with Crippen LogP contribution in [0.5, 0.6) is 17.2 Å². The van der Waals surface area contributed by atoms with Gasteiger partial charge in [-0.25, -0.2) is 0 Å². The molecule has 0 saturated heterocycles. The van der Waals surface area contributed by atoms with E-state index in [1.165, 1.54) is 13.2 Å². The summed E-state index contributed by atoms with van der Waals surface area (Å²) in [5.41, 5.74) is 2.86. The lowest BCUT2D eigenvalue weighted by atomic mass is 10.1. The first-order valence-corrected chi connectivity index (χ1v) is 11.3. The molecule has 1 heterocycles. The van der Waals surface area contributed by atoms with Crippen LogP contribution in [0, 0.1) is 0 Å². The molecule has 0 atom stereocenters. The minimum Gasteiger partial charge on any atom is -0.496 e. The second-order valence-corrected chi connectivity index (χ2v) is 7.99. The highest BCUT2D eigenvalue weighted by Gasteiger charge is 2.19. The average Bonchev–Trinajstić information content (AvgIpc) is 2.91. The molecule has 0 N–H and O–H groups in total. The number of ether oxygens (including phenoxy) is 3. The van der Waals surface area contributed by atoms with Gasteiger partial charge in [0.25, 0.3) is 0 Å². The smallest absolute Gasteiger partial charge is 0.197 e. The van der Waals surface area contributed by atoms with Crippen molar-refractivity contribution in [2.75, 3.05) is 7.11 Å². The Labute approximate surface area is 203 Å². The monoisotopic (exact) mass is 464 g/mol. The summed E-state index contributed by atoms with van der Waals surface area (Å²) in [6, 6.07) is 32.1. The predicted molar refractivity (Wildman–Crippen MR) is 136 cm³/mol. The van der Waals surface area contributed by atoms with Gasteiger partial charge in [-0.15, -0.1) is 0 Å². The van der Waals surface area contributed by atoms with Crippen LogP contribution in [-0.2, 0) is 13.2 Å². The van der Waals surface area contributed by atoms with Crippen molar-refractivity contribution in [2.24, 2.45) is 0 Å². The van der Waals surface area contributed by atoms with Gasteiger partial charge in [0.2, 0.25) is 0 Å². The molecule has 1 aromatic heterocycles. The lowest BCUT2D eigenvalue weighted by molar-refractivity contribution is 0.291. The fraction of sp³-hybridized carbons (Fsp3) is 0.100. The van der Waals surface area contributed by atoms with Crippen LogP contribution in [0.15, 0.2) is 112 Å². The Morgan fingerprint density at radius 3 is 1.77 bits per heavy atom. The van der Waals surface area contributed by atoms with Gasteiger partial charge in [0.05, 0.1) is 7.11 Å². The summed E-state index contributed by atoms with van der Waals surface area (Å²) in [6.07, 6.45) is 0. The highest BCUT2D eigenvalue weighted by atomic mass is 16.5. The van der Waals surface area contributed by atoms with E-state index >= 15 is 0 Å². The molecular formula is C30H24O5. The molecule has 0 aliphatic rings. The Hall–Kier alpha value is -4.51. The topological polar surface area (TPSA) is 57.9 Å². The second kappa shape index (κ2) is 10.2. The first-order valence-electron chi connectivity index (χ1n) is 11.3. The molecule has 5 aromatic rings. The van der Waals surface area contributed by atoms with Crippen molar-refractivity contribution in [3.05, 3.63) is 124 Å². The zero-order chi connectivity index (χ0) is 24.0. The van der Waals surface area contributed by atoms with Crippen LogP contribution in [0.1, 0.15) is 11.1 Å². The number of fused-ring (bicyclic) bond motifs is 1. The van der Waals surface area contributed by atoms with Gasteiger partial charge in [-0.2, -0.15) is 0 Å². The zero-order valence-corrected chi connectivity index (χ0v) is 19.3. The van der Waals surface area contributed by atoms with Crippen molar-refractivity contribution in [1.82, 2.24) is 0 Å². The first kappa shape index (κ1) is 22.3. The summed E-state index contributed by atoms with van der Waals surface area (Å²) < 4.78 is 24.0. The molecule has 0 amide bonds. The highest BCUT2D eigenvalue weighted by molar-refractivity contribution is 5.86. The number of rotatable bonds is 8. The molecule has 35 heavy (non-hydrogen) atoms. The molecule has 0 fully saturated rings. The summed E-state index contributed by atoms with van der Waals surface area (Å²) in [6.45, 7) is 0.725. The van der Waals surface area contributed by atoms with Gasteiger partial charge < -0.3 is 18.6 Å². The number of benzene rings is 4. The molecular weight excluding hydrogens is 440 g/mol.